The molecule has 0 aliphatic carbocycles. The molecule has 0 aromatic heterocycles. The molecule has 0 atom stereocenters. The third kappa shape index (κ3) is 4.24. The fraction of sp³-hybridized carbons (Fsp3) is 0.188. The molecule has 0 radical (unpaired) electrons. The second kappa shape index (κ2) is 7.48. The molecule has 0 fully saturated rings. The van der Waals surface area contributed by atoms with Gasteiger partial charge in [-0.25, -0.2) is 4.39 Å². The topological polar surface area (TPSA) is 42.5 Å². The van der Waals surface area contributed by atoms with Crippen molar-refractivity contribution in [2.24, 2.45) is 0 Å². The largest absolute Gasteiger partial charge is 0.495 e. The van der Waals surface area contributed by atoms with Gasteiger partial charge in [0, 0.05) is 17.8 Å². The third-order valence-electron chi connectivity index (χ3n) is 3.16. The van der Waals surface area contributed by atoms with Crippen LogP contribution in [0.2, 0.25) is 5.02 Å². The number of benzene rings is 2. The summed E-state index contributed by atoms with van der Waals surface area (Å²) in [5, 5.41) is 6.80. The average Bonchev–Trinajstić information content (AvgIpc) is 2.51. The summed E-state index contributed by atoms with van der Waals surface area (Å²) in [5.41, 5.74) is 2.06. The van der Waals surface area contributed by atoms with Gasteiger partial charge in [-0.05, 0) is 42.9 Å². The van der Waals surface area contributed by atoms with Gasteiger partial charge in [0.25, 0.3) is 0 Å². The summed E-state index contributed by atoms with van der Waals surface area (Å²) in [6, 6.07) is 7.74. The van der Waals surface area contributed by atoms with Crippen LogP contribution in [-0.4, -0.2) is 19.3 Å². The Morgan fingerprint density at radius 1 is 1.04 bits per heavy atom. The van der Waals surface area contributed by atoms with Gasteiger partial charge in [-0.2, -0.15) is 0 Å². The van der Waals surface area contributed by atoms with Gasteiger partial charge >= 0.3 is 0 Å². The molecule has 0 unspecified atom stereocenters. The van der Waals surface area contributed by atoms with Crippen LogP contribution in [0.3, 0.4) is 0 Å². The normalized spacial score (nSPS) is 10.1. The van der Waals surface area contributed by atoms with Crippen LogP contribution in [0.25, 0.3) is 0 Å². The van der Waals surface area contributed by atoms with E-state index in [2.05, 4.69) is 10.6 Å². The maximum absolute atomic E-state index is 13.1. The number of rotatable bonds is 4. The van der Waals surface area contributed by atoms with Crippen LogP contribution >= 0.6 is 23.8 Å². The van der Waals surface area contributed by atoms with Crippen LogP contribution in [0.4, 0.5) is 15.8 Å². The van der Waals surface area contributed by atoms with Gasteiger partial charge in [0.2, 0.25) is 0 Å². The SMILES string of the molecule is COc1cc(NC(=S)Nc2ccc(F)cc2C)c(OC)cc1Cl. The lowest BCUT2D eigenvalue weighted by Crippen LogP contribution is -2.20. The molecule has 2 aromatic rings. The van der Waals surface area contributed by atoms with Gasteiger partial charge in [-0.3, -0.25) is 0 Å². The summed E-state index contributed by atoms with van der Waals surface area (Å²) in [6.45, 7) is 1.79. The smallest absolute Gasteiger partial charge is 0.175 e. The number of methoxy groups -OCH3 is 2. The lowest BCUT2D eigenvalue weighted by atomic mass is 10.2. The first-order valence-electron chi connectivity index (χ1n) is 6.70. The van der Waals surface area contributed by atoms with Crippen LogP contribution in [0, 0.1) is 12.7 Å². The van der Waals surface area contributed by atoms with Gasteiger partial charge < -0.3 is 20.1 Å². The van der Waals surface area contributed by atoms with Crippen molar-refractivity contribution in [2.75, 3.05) is 24.9 Å². The molecular weight excluding hydrogens is 339 g/mol. The molecule has 4 nitrogen and oxygen atoms in total. The lowest BCUT2D eigenvalue weighted by Gasteiger charge is -2.16. The number of anilines is 2. The summed E-state index contributed by atoms with van der Waals surface area (Å²) in [6.07, 6.45) is 0. The highest BCUT2D eigenvalue weighted by molar-refractivity contribution is 7.80. The zero-order valence-corrected chi connectivity index (χ0v) is 14.4. The van der Waals surface area contributed by atoms with Crippen LogP contribution in [0.1, 0.15) is 5.56 Å². The number of aryl methyl sites for hydroxylation is 1. The molecule has 0 saturated heterocycles. The summed E-state index contributed by atoms with van der Waals surface area (Å²) >= 11 is 11.4. The molecule has 0 aliphatic heterocycles. The highest BCUT2D eigenvalue weighted by atomic mass is 35.5. The van der Waals surface area contributed by atoms with E-state index >= 15 is 0 Å². The molecule has 7 heteroatoms. The monoisotopic (exact) mass is 354 g/mol. The Balaban J connectivity index is 2.19. The van der Waals surface area contributed by atoms with Crippen LogP contribution in [-0.2, 0) is 0 Å². The van der Waals surface area contributed by atoms with Crippen LogP contribution in [0.15, 0.2) is 30.3 Å². The lowest BCUT2D eigenvalue weighted by molar-refractivity contribution is 0.405. The van der Waals surface area contributed by atoms with E-state index in [9.17, 15) is 4.39 Å². The molecule has 122 valence electrons. The van der Waals surface area contributed by atoms with E-state index in [-0.39, 0.29) is 5.82 Å². The Labute approximate surface area is 144 Å². The van der Waals surface area contributed by atoms with Gasteiger partial charge in [0.1, 0.15) is 17.3 Å². The van der Waals surface area contributed by atoms with Crippen molar-refractivity contribution in [3.63, 3.8) is 0 Å². The Bertz CT molecular complexity index is 740. The van der Waals surface area contributed by atoms with Gasteiger partial charge in [-0.1, -0.05) is 11.6 Å². The predicted molar refractivity (Wildman–Crippen MR) is 95.5 cm³/mol. The number of hydrogen-bond donors (Lipinski definition) is 2. The molecule has 0 aliphatic rings. The van der Waals surface area contributed by atoms with Crippen molar-refractivity contribution in [1.29, 1.82) is 0 Å². The Hall–Kier alpha value is -2.05. The Kier molecular flexibility index (Phi) is 5.63. The molecule has 2 N–H and O–H groups in total. The average molecular weight is 355 g/mol. The van der Waals surface area contributed by atoms with Crippen molar-refractivity contribution in [3.8, 4) is 11.5 Å². The first-order chi connectivity index (χ1) is 10.9. The molecule has 0 bridgehead atoms. The van der Waals surface area contributed by atoms with Crippen molar-refractivity contribution in [1.82, 2.24) is 0 Å². The standard InChI is InChI=1S/C16H16ClFN2O2S/c1-9-6-10(18)4-5-12(9)19-16(23)20-13-8-14(21-2)11(17)7-15(13)22-3/h4-8H,1-3H3,(H2,19,20,23). The van der Waals surface area contributed by atoms with E-state index in [1.165, 1.54) is 26.4 Å². The maximum atomic E-state index is 13.1. The highest BCUT2D eigenvalue weighted by Crippen LogP contribution is 2.35. The van der Waals surface area contributed by atoms with Crippen molar-refractivity contribution < 1.29 is 13.9 Å². The zero-order chi connectivity index (χ0) is 17.0. The van der Waals surface area contributed by atoms with Crippen molar-refractivity contribution >= 4 is 40.3 Å². The number of hydrogen-bond acceptors (Lipinski definition) is 3. The van der Waals surface area contributed by atoms with Crippen LogP contribution < -0.4 is 20.1 Å². The molecule has 23 heavy (non-hydrogen) atoms. The molecule has 0 spiro atoms. The number of nitrogens with one attached hydrogen (secondary N) is 2. The second-order valence-corrected chi connectivity index (χ2v) is 5.54. The molecule has 0 amide bonds. The Morgan fingerprint density at radius 2 is 1.70 bits per heavy atom. The minimum Gasteiger partial charge on any atom is -0.495 e. The highest BCUT2D eigenvalue weighted by Gasteiger charge is 2.11. The van der Waals surface area contributed by atoms with Gasteiger partial charge in [0.15, 0.2) is 5.11 Å². The zero-order valence-electron chi connectivity index (χ0n) is 12.9. The second-order valence-electron chi connectivity index (χ2n) is 4.73. The fourth-order valence-electron chi connectivity index (χ4n) is 2.00. The van der Waals surface area contributed by atoms with E-state index < -0.39 is 0 Å². The molecule has 0 saturated carbocycles. The minimum atomic E-state index is -0.295. The molecular formula is C16H16ClFN2O2S. The van der Waals surface area contributed by atoms with Gasteiger partial charge in [0.05, 0.1) is 24.9 Å². The summed E-state index contributed by atoms with van der Waals surface area (Å²) in [7, 11) is 3.06. The summed E-state index contributed by atoms with van der Waals surface area (Å²) in [5.74, 6) is 0.725. The predicted octanol–water partition coefficient (Wildman–Crippen LogP) is 4.61. The fourth-order valence-corrected chi connectivity index (χ4v) is 2.45. The van der Waals surface area contributed by atoms with E-state index in [1.54, 1.807) is 25.1 Å². The van der Waals surface area contributed by atoms with E-state index in [0.29, 0.717) is 33.0 Å². The van der Waals surface area contributed by atoms with E-state index in [1.807, 2.05) is 0 Å². The Morgan fingerprint density at radius 3 is 2.30 bits per heavy atom. The molecule has 0 heterocycles. The summed E-state index contributed by atoms with van der Waals surface area (Å²) in [4.78, 5) is 0. The van der Waals surface area contributed by atoms with Crippen molar-refractivity contribution in [3.05, 3.63) is 46.7 Å². The quantitative estimate of drug-likeness (QED) is 0.784. The first-order valence-corrected chi connectivity index (χ1v) is 7.49. The van der Waals surface area contributed by atoms with Crippen LogP contribution in [0.5, 0.6) is 11.5 Å². The minimum absolute atomic E-state index is 0.295. The molecule has 2 rings (SSSR count). The third-order valence-corrected chi connectivity index (χ3v) is 3.66. The molecule has 2 aromatic carbocycles. The summed E-state index contributed by atoms with van der Waals surface area (Å²) < 4.78 is 23.6. The van der Waals surface area contributed by atoms with Crippen molar-refractivity contribution in [2.45, 2.75) is 6.92 Å². The van der Waals surface area contributed by atoms with E-state index in [4.69, 9.17) is 33.3 Å². The van der Waals surface area contributed by atoms with E-state index in [0.717, 1.165) is 5.56 Å². The van der Waals surface area contributed by atoms with Gasteiger partial charge in [-0.15, -0.1) is 0 Å². The number of halogens is 2. The number of ether oxygens (including phenoxy) is 2. The maximum Gasteiger partial charge on any atom is 0.175 e. The number of thiocarbonyl (C=S) groups is 1. The first kappa shape index (κ1) is 17.3.